The van der Waals surface area contributed by atoms with Crippen molar-refractivity contribution in [1.82, 2.24) is 4.90 Å². The van der Waals surface area contributed by atoms with E-state index in [1.807, 2.05) is 4.90 Å². The third-order valence-electron chi connectivity index (χ3n) is 6.97. The summed E-state index contributed by atoms with van der Waals surface area (Å²) in [4.78, 5) is 42.8. The number of amides is 3. The molecule has 3 amide bonds. The molecule has 2 aliphatic carbocycles. The van der Waals surface area contributed by atoms with Crippen LogP contribution in [0.2, 0.25) is 0 Å². The third-order valence-corrected chi connectivity index (χ3v) is 6.97. The van der Waals surface area contributed by atoms with Crippen LogP contribution in [0.5, 0.6) is 0 Å². The molecule has 1 aromatic rings. The Morgan fingerprint density at radius 1 is 0.867 bits per heavy atom. The molecule has 5 nitrogen and oxygen atoms in total. The van der Waals surface area contributed by atoms with Crippen LogP contribution in [-0.4, -0.2) is 34.7 Å². The van der Waals surface area contributed by atoms with Crippen LogP contribution in [0.3, 0.4) is 0 Å². The molecule has 30 heavy (non-hydrogen) atoms. The molecule has 6 heteroatoms. The molecule has 0 aromatic heterocycles. The van der Waals surface area contributed by atoms with Crippen molar-refractivity contribution in [2.75, 3.05) is 4.90 Å². The van der Waals surface area contributed by atoms with E-state index in [0.29, 0.717) is 5.69 Å². The van der Waals surface area contributed by atoms with E-state index in [1.165, 1.54) is 24.3 Å². The monoisotopic (exact) mass is 414 g/mol. The van der Waals surface area contributed by atoms with Crippen LogP contribution in [0, 0.1) is 11.7 Å². The molecule has 2 saturated carbocycles. The zero-order valence-corrected chi connectivity index (χ0v) is 17.5. The molecule has 0 radical (unpaired) electrons. The number of carbonyl (C=O) groups is 3. The fourth-order valence-corrected chi connectivity index (χ4v) is 5.38. The van der Waals surface area contributed by atoms with Crippen LogP contribution < -0.4 is 4.90 Å². The first kappa shape index (κ1) is 21.0. The topological polar surface area (TPSA) is 57.7 Å². The molecule has 0 bridgehead atoms. The van der Waals surface area contributed by atoms with Gasteiger partial charge in [-0.05, 0) is 49.9 Å². The minimum Gasteiger partial charge on any atom is -0.327 e. The van der Waals surface area contributed by atoms with E-state index in [0.717, 1.165) is 75.5 Å². The van der Waals surface area contributed by atoms with E-state index in [4.69, 9.17) is 0 Å². The van der Waals surface area contributed by atoms with Crippen molar-refractivity contribution in [3.63, 3.8) is 0 Å². The van der Waals surface area contributed by atoms with Gasteiger partial charge in [0.2, 0.25) is 11.8 Å². The maximum atomic E-state index is 13.6. The van der Waals surface area contributed by atoms with Crippen molar-refractivity contribution in [2.45, 2.75) is 89.1 Å². The maximum Gasteiger partial charge on any atom is 0.257 e. The van der Waals surface area contributed by atoms with Crippen molar-refractivity contribution in [3.05, 3.63) is 30.1 Å². The van der Waals surface area contributed by atoms with E-state index in [9.17, 15) is 18.8 Å². The van der Waals surface area contributed by atoms with Gasteiger partial charge in [-0.25, -0.2) is 9.29 Å². The predicted molar refractivity (Wildman–Crippen MR) is 112 cm³/mol. The Morgan fingerprint density at radius 3 is 2.07 bits per heavy atom. The highest BCUT2D eigenvalue weighted by Gasteiger charge is 2.47. The van der Waals surface area contributed by atoms with Crippen molar-refractivity contribution < 1.29 is 18.8 Å². The summed E-state index contributed by atoms with van der Waals surface area (Å²) in [6.07, 6.45) is 11.2. The van der Waals surface area contributed by atoms with Crippen LogP contribution in [0.4, 0.5) is 10.1 Å². The Bertz CT molecular complexity index is 780. The number of hydrogen-bond acceptors (Lipinski definition) is 3. The van der Waals surface area contributed by atoms with Gasteiger partial charge in [-0.2, -0.15) is 0 Å². The van der Waals surface area contributed by atoms with Gasteiger partial charge >= 0.3 is 0 Å². The molecule has 162 valence electrons. The fraction of sp³-hybridized carbons (Fsp3) is 0.625. The number of halogens is 1. The second-order valence-corrected chi connectivity index (χ2v) is 8.99. The lowest BCUT2D eigenvalue weighted by atomic mass is 9.87. The summed E-state index contributed by atoms with van der Waals surface area (Å²) in [5.41, 5.74) is 0.375. The van der Waals surface area contributed by atoms with Gasteiger partial charge in [-0.3, -0.25) is 14.4 Å². The summed E-state index contributed by atoms with van der Waals surface area (Å²) < 4.78 is 13.3. The first-order valence-corrected chi connectivity index (χ1v) is 11.5. The van der Waals surface area contributed by atoms with E-state index in [1.54, 1.807) is 0 Å². The molecule has 0 spiro atoms. The molecule has 1 atom stereocenters. The molecule has 4 rings (SSSR count). The normalized spacial score (nSPS) is 24.2. The van der Waals surface area contributed by atoms with Crippen LogP contribution >= 0.6 is 0 Å². The van der Waals surface area contributed by atoms with Gasteiger partial charge in [-0.1, -0.05) is 44.9 Å². The van der Waals surface area contributed by atoms with Crippen LogP contribution in [0.15, 0.2) is 24.3 Å². The molecular formula is C24H31FN2O3. The number of benzene rings is 1. The number of imide groups is 1. The average molecular weight is 415 g/mol. The highest BCUT2D eigenvalue weighted by Crippen LogP contribution is 2.34. The number of rotatable bonds is 4. The van der Waals surface area contributed by atoms with E-state index in [2.05, 4.69) is 0 Å². The summed E-state index contributed by atoms with van der Waals surface area (Å²) in [5.74, 6) is -1.05. The standard InChI is InChI=1S/C24H31FN2O3/c25-18-12-14-20(15-13-18)27-22(28)16-21(24(27)30)26(19-10-6-1-2-7-11-19)23(29)17-8-4-3-5-9-17/h12-15,17,19,21H,1-11,16H2. The van der Waals surface area contributed by atoms with Gasteiger partial charge in [0.15, 0.2) is 0 Å². The van der Waals surface area contributed by atoms with Gasteiger partial charge in [0.1, 0.15) is 11.9 Å². The smallest absolute Gasteiger partial charge is 0.257 e. The van der Waals surface area contributed by atoms with Crippen molar-refractivity contribution in [1.29, 1.82) is 0 Å². The van der Waals surface area contributed by atoms with Crippen LogP contribution in [-0.2, 0) is 14.4 Å². The zero-order chi connectivity index (χ0) is 21.1. The Hall–Kier alpha value is -2.24. The van der Waals surface area contributed by atoms with E-state index in [-0.39, 0.29) is 36.1 Å². The lowest BCUT2D eigenvalue weighted by Gasteiger charge is -2.38. The van der Waals surface area contributed by atoms with E-state index >= 15 is 0 Å². The average Bonchev–Trinajstić information content (AvgIpc) is 2.93. The lowest BCUT2D eigenvalue weighted by molar-refractivity contribution is -0.146. The summed E-state index contributed by atoms with van der Waals surface area (Å²) in [5, 5.41) is 0. The number of nitrogens with zero attached hydrogens (tertiary/aromatic N) is 2. The SMILES string of the molecule is O=C1CC(N(C(=O)C2CCCCC2)C2CCCCCC2)C(=O)N1c1ccc(F)cc1. The Balaban J connectivity index is 1.62. The Labute approximate surface area is 177 Å². The van der Waals surface area contributed by atoms with Crippen molar-refractivity contribution in [2.24, 2.45) is 5.92 Å². The Morgan fingerprint density at radius 2 is 1.43 bits per heavy atom. The second-order valence-electron chi connectivity index (χ2n) is 8.99. The minimum absolute atomic E-state index is 0.0190. The van der Waals surface area contributed by atoms with Crippen molar-refractivity contribution >= 4 is 23.4 Å². The molecule has 1 saturated heterocycles. The van der Waals surface area contributed by atoms with Gasteiger partial charge in [-0.15, -0.1) is 0 Å². The summed E-state index contributed by atoms with van der Waals surface area (Å²) in [6, 6.07) is 4.69. The minimum atomic E-state index is -0.736. The molecule has 1 aliphatic heterocycles. The molecule has 1 unspecified atom stereocenters. The first-order chi connectivity index (χ1) is 14.6. The Kier molecular flexibility index (Phi) is 6.49. The highest BCUT2D eigenvalue weighted by atomic mass is 19.1. The molecule has 3 aliphatic rings. The zero-order valence-electron chi connectivity index (χ0n) is 17.5. The number of anilines is 1. The molecule has 1 heterocycles. The highest BCUT2D eigenvalue weighted by molar-refractivity contribution is 6.23. The molecular weight excluding hydrogens is 383 g/mol. The van der Waals surface area contributed by atoms with Crippen LogP contribution in [0.25, 0.3) is 0 Å². The first-order valence-electron chi connectivity index (χ1n) is 11.5. The lowest BCUT2D eigenvalue weighted by Crippen LogP contribution is -2.52. The summed E-state index contributed by atoms with van der Waals surface area (Å²) in [6.45, 7) is 0. The van der Waals surface area contributed by atoms with Crippen molar-refractivity contribution in [3.8, 4) is 0 Å². The fourth-order valence-electron chi connectivity index (χ4n) is 5.38. The summed E-state index contributed by atoms with van der Waals surface area (Å²) in [7, 11) is 0. The van der Waals surface area contributed by atoms with Gasteiger partial charge in [0.25, 0.3) is 5.91 Å². The van der Waals surface area contributed by atoms with E-state index < -0.39 is 11.9 Å². The molecule has 0 N–H and O–H groups in total. The predicted octanol–water partition coefficient (Wildman–Crippen LogP) is 4.59. The van der Waals surface area contributed by atoms with Crippen LogP contribution in [0.1, 0.15) is 77.0 Å². The van der Waals surface area contributed by atoms with Gasteiger partial charge in [0.05, 0.1) is 12.1 Å². The summed E-state index contributed by atoms with van der Waals surface area (Å²) >= 11 is 0. The number of carbonyl (C=O) groups excluding carboxylic acids is 3. The van der Waals surface area contributed by atoms with Gasteiger partial charge in [0, 0.05) is 12.0 Å². The quantitative estimate of drug-likeness (QED) is 0.535. The third kappa shape index (κ3) is 4.28. The molecule has 1 aromatic carbocycles. The largest absolute Gasteiger partial charge is 0.327 e. The molecule has 3 fully saturated rings. The van der Waals surface area contributed by atoms with Gasteiger partial charge < -0.3 is 4.90 Å². The maximum absolute atomic E-state index is 13.6. The number of hydrogen-bond donors (Lipinski definition) is 0. The second kappa shape index (κ2) is 9.27.